The van der Waals surface area contributed by atoms with Crippen LogP contribution in [0.1, 0.15) is 11.6 Å². The summed E-state index contributed by atoms with van der Waals surface area (Å²) in [4.78, 5) is 0. The molecule has 2 rings (SSSR count). The lowest BCUT2D eigenvalue weighted by atomic mass is 10.1. The van der Waals surface area contributed by atoms with Crippen LogP contribution in [0, 0.1) is 5.82 Å². The SMILES string of the molecule is NCC(c1cccc(F)c1)n1cccn1. The Balaban J connectivity index is 2.35. The Labute approximate surface area is 87.3 Å². The third-order valence-electron chi connectivity index (χ3n) is 2.30. The van der Waals surface area contributed by atoms with Gasteiger partial charge in [-0.05, 0) is 23.8 Å². The van der Waals surface area contributed by atoms with Gasteiger partial charge in [0.15, 0.2) is 0 Å². The highest BCUT2D eigenvalue weighted by Crippen LogP contribution is 2.16. The van der Waals surface area contributed by atoms with Crippen molar-refractivity contribution in [3.8, 4) is 0 Å². The fraction of sp³-hybridized carbons (Fsp3) is 0.182. The van der Waals surface area contributed by atoms with Crippen LogP contribution in [0.15, 0.2) is 42.7 Å². The highest BCUT2D eigenvalue weighted by Gasteiger charge is 2.11. The lowest BCUT2D eigenvalue weighted by Crippen LogP contribution is -2.20. The van der Waals surface area contributed by atoms with Crippen molar-refractivity contribution in [2.24, 2.45) is 5.73 Å². The van der Waals surface area contributed by atoms with Gasteiger partial charge in [0.25, 0.3) is 0 Å². The topological polar surface area (TPSA) is 43.8 Å². The molecular formula is C11H12FN3. The van der Waals surface area contributed by atoms with Crippen LogP contribution >= 0.6 is 0 Å². The zero-order chi connectivity index (χ0) is 10.7. The molecule has 1 atom stereocenters. The van der Waals surface area contributed by atoms with Gasteiger partial charge < -0.3 is 5.73 Å². The Hall–Kier alpha value is -1.68. The molecule has 2 N–H and O–H groups in total. The number of aromatic nitrogens is 2. The van der Waals surface area contributed by atoms with Crippen LogP contribution in [-0.2, 0) is 0 Å². The standard InChI is InChI=1S/C11H12FN3/c12-10-4-1-3-9(7-10)11(8-13)15-6-2-5-14-15/h1-7,11H,8,13H2. The van der Waals surface area contributed by atoms with Crippen molar-refractivity contribution in [3.63, 3.8) is 0 Å². The second kappa shape index (κ2) is 4.23. The molecule has 0 amide bonds. The second-order valence-corrected chi connectivity index (χ2v) is 3.29. The molecule has 0 aliphatic heterocycles. The molecule has 1 heterocycles. The Kier molecular flexibility index (Phi) is 2.78. The smallest absolute Gasteiger partial charge is 0.123 e. The summed E-state index contributed by atoms with van der Waals surface area (Å²) in [6, 6.07) is 8.15. The van der Waals surface area contributed by atoms with Crippen molar-refractivity contribution in [3.05, 3.63) is 54.1 Å². The summed E-state index contributed by atoms with van der Waals surface area (Å²) in [6.45, 7) is 0.394. The predicted octanol–water partition coefficient (Wildman–Crippen LogP) is 1.57. The molecule has 78 valence electrons. The maximum Gasteiger partial charge on any atom is 0.123 e. The summed E-state index contributed by atoms with van der Waals surface area (Å²) in [6.07, 6.45) is 3.50. The molecule has 1 unspecified atom stereocenters. The van der Waals surface area contributed by atoms with Crippen molar-refractivity contribution in [1.82, 2.24) is 9.78 Å². The van der Waals surface area contributed by atoms with E-state index < -0.39 is 0 Å². The Bertz CT molecular complexity index is 425. The number of hydrogen-bond acceptors (Lipinski definition) is 2. The summed E-state index contributed by atoms with van der Waals surface area (Å²) in [7, 11) is 0. The largest absolute Gasteiger partial charge is 0.328 e. The maximum atomic E-state index is 13.0. The number of hydrogen-bond donors (Lipinski definition) is 1. The molecule has 0 saturated carbocycles. The first-order valence-corrected chi connectivity index (χ1v) is 4.76. The van der Waals surface area contributed by atoms with E-state index in [0.29, 0.717) is 6.54 Å². The minimum absolute atomic E-state index is 0.101. The van der Waals surface area contributed by atoms with E-state index >= 15 is 0 Å². The molecule has 0 fully saturated rings. The van der Waals surface area contributed by atoms with Crippen molar-refractivity contribution < 1.29 is 4.39 Å². The van der Waals surface area contributed by atoms with Gasteiger partial charge in [-0.25, -0.2) is 4.39 Å². The van der Waals surface area contributed by atoms with Crippen LogP contribution in [0.25, 0.3) is 0 Å². The van der Waals surface area contributed by atoms with Gasteiger partial charge in [0, 0.05) is 18.9 Å². The molecule has 0 saturated heterocycles. The lowest BCUT2D eigenvalue weighted by Gasteiger charge is -2.15. The minimum atomic E-state index is -0.252. The molecule has 0 spiro atoms. The highest BCUT2D eigenvalue weighted by molar-refractivity contribution is 5.21. The van der Waals surface area contributed by atoms with Crippen LogP contribution in [0.5, 0.6) is 0 Å². The summed E-state index contributed by atoms with van der Waals surface area (Å²) in [5.41, 5.74) is 6.50. The van der Waals surface area contributed by atoms with Gasteiger partial charge in [-0.1, -0.05) is 12.1 Å². The first kappa shape index (κ1) is 9.86. The fourth-order valence-electron chi connectivity index (χ4n) is 1.58. The van der Waals surface area contributed by atoms with E-state index in [1.165, 1.54) is 12.1 Å². The fourth-order valence-corrected chi connectivity index (χ4v) is 1.58. The molecule has 1 aromatic carbocycles. The Morgan fingerprint density at radius 3 is 2.87 bits per heavy atom. The van der Waals surface area contributed by atoms with Gasteiger partial charge in [0.2, 0.25) is 0 Å². The van der Waals surface area contributed by atoms with E-state index in [-0.39, 0.29) is 11.9 Å². The molecule has 0 bridgehead atoms. The quantitative estimate of drug-likeness (QED) is 0.826. The molecule has 0 aliphatic rings. The van der Waals surface area contributed by atoms with Crippen molar-refractivity contribution in [2.75, 3.05) is 6.54 Å². The van der Waals surface area contributed by atoms with Crippen LogP contribution in [-0.4, -0.2) is 16.3 Å². The number of benzene rings is 1. The maximum absolute atomic E-state index is 13.0. The normalized spacial score (nSPS) is 12.7. The second-order valence-electron chi connectivity index (χ2n) is 3.29. The average molecular weight is 205 g/mol. The number of nitrogens with two attached hydrogens (primary N) is 1. The van der Waals surface area contributed by atoms with Crippen LogP contribution in [0.2, 0.25) is 0 Å². The highest BCUT2D eigenvalue weighted by atomic mass is 19.1. The number of rotatable bonds is 3. The van der Waals surface area contributed by atoms with Gasteiger partial charge in [0.05, 0.1) is 6.04 Å². The molecule has 1 aromatic heterocycles. The van der Waals surface area contributed by atoms with Gasteiger partial charge in [-0.15, -0.1) is 0 Å². The third kappa shape index (κ3) is 2.05. The number of nitrogens with zero attached hydrogens (tertiary/aromatic N) is 2. The third-order valence-corrected chi connectivity index (χ3v) is 2.30. The van der Waals surface area contributed by atoms with E-state index in [2.05, 4.69) is 5.10 Å². The first-order valence-electron chi connectivity index (χ1n) is 4.76. The van der Waals surface area contributed by atoms with Gasteiger partial charge in [0.1, 0.15) is 5.82 Å². The molecule has 15 heavy (non-hydrogen) atoms. The van der Waals surface area contributed by atoms with Crippen LogP contribution < -0.4 is 5.73 Å². The molecule has 3 nitrogen and oxygen atoms in total. The van der Waals surface area contributed by atoms with E-state index in [4.69, 9.17) is 5.73 Å². The molecule has 2 aromatic rings. The van der Waals surface area contributed by atoms with Crippen LogP contribution in [0.4, 0.5) is 4.39 Å². The molecule has 4 heteroatoms. The monoisotopic (exact) mass is 205 g/mol. The lowest BCUT2D eigenvalue weighted by molar-refractivity contribution is 0.526. The van der Waals surface area contributed by atoms with Crippen LogP contribution in [0.3, 0.4) is 0 Å². The van der Waals surface area contributed by atoms with Gasteiger partial charge >= 0.3 is 0 Å². The summed E-state index contributed by atoms with van der Waals surface area (Å²) >= 11 is 0. The van der Waals surface area contributed by atoms with Crippen molar-refractivity contribution in [1.29, 1.82) is 0 Å². The first-order chi connectivity index (χ1) is 7.31. The van der Waals surface area contributed by atoms with E-state index in [0.717, 1.165) is 5.56 Å². The zero-order valence-corrected chi connectivity index (χ0v) is 8.18. The average Bonchev–Trinajstić information content (AvgIpc) is 2.72. The zero-order valence-electron chi connectivity index (χ0n) is 8.18. The molecule has 0 radical (unpaired) electrons. The van der Waals surface area contributed by atoms with E-state index in [1.54, 1.807) is 16.9 Å². The summed E-state index contributed by atoms with van der Waals surface area (Å²) in [5, 5.41) is 4.11. The molecular weight excluding hydrogens is 193 g/mol. The van der Waals surface area contributed by atoms with E-state index in [1.807, 2.05) is 18.3 Å². The summed E-state index contributed by atoms with van der Waals surface area (Å²) in [5.74, 6) is -0.252. The Morgan fingerprint density at radius 2 is 2.27 bits per heavy atom. The molecule has 0 aliphatic carbocycles. The van der Waals surface area contributed by atoms with Crippen molar-refractivity contribution >= 4 is 0 Å². The van der Waals surface area contributed by atoms with Gasteiger partial charge in [-0.3, -0.25) is 4.68 Å². The van der Waals surface area contributed by atoms with E-state index in [9.17, 15) is 4.39 Å². The Morgan fingerprint density at radius 1 is 1.40 bits per heavy atom. The van der Waals surface area contributed by atoms with Gasteiger partial charge in [-0.2, -0.15) is 5.10 Å². The summed E-state index contributed by atoms with van der Waals surface area (Å²) < 4.78 is 14.8. The predicted molar refractivity (Wildman–Crippen MR) is 55.8 cm³/mol. The minimum Gasteiger partial charge on any atom is -0.328 e. The number of halogens is 1. The van der Waals surface area contributed by atoms with Crippen molar-refractivity contribution in [2.45, 2.75) is 6.04 Å².